The van der Waals surface area contributed by atoms with Crippen molar-refractivity contribution in [2.45, 2.75) is 0 Å². The smallest absolute Gasteiger partial charge is 0.325 e. The van der Waals surface area contributed by atoms with Crippen molar-refractivity contribution in [3.05, 3.63) is 30.3 Å². The Morgan fingerprint density at radius 2 is 1.47 bits per heavy atom. The summed E-state index contributed by atoms with van der Waals surface area (Å²) in [6.45, 7) is 0.765. The lowest BCUT2D eigenvalue weighted by molar-refractivity contribution is -0.116. The van der Waals surface area contributed by atoms with Crippen molar-refractivity contribution in [3.8, 4) is 28.7 Å². The fraction of sp³-hybridized carbons (Fsp3) is 0.364. The topological polar surface area (TPSA) is 98.8 Å². The van der Waals surface area contributed by atoms with Crippen LogP contribution in [0.4, 0.5) is 16.2 Å². The number of benzene rings is 2. The molecule has 0 bridgehead atoms. The van der Waals surface area contributed by atoms with Gasteiger partial charge in [-0.2, -0.15) is 0 Å². The summed E-state index contributed by atoms with van der Waals surface area (Å²) in [5, 5.41) is 2.77. The largest absolute Gasteiger partial charge is 0.493 e. The lowest BCUT2D eigenvalue weighted by Gasteiger charge is -2.20. The van der Waals surface area contributed by atoms with E-state index in [-0.39, 0.29) is 18.5 Å². The third-order valence-corrected chi connectivity index (χ3v) is 5.06. The molecule has 3 rings (SSSR count). The fourth-order valence-electron chi connectivity index (χ4n) is 3.49. The van der Waals surface area contributed by atoms with Crippen molar-refractivity contribution in [3.63, 3.8) is 0 Å². The molecule has 3 amide bonds. The van der Waals surface area contributed by atoms with Crippen LogP contribution in [0.15, 0.2) is 30.3 Å². The van der Waals surface area contributed by atoms with Crippen molar-refractivity contribution in [1.29, 1.82) is 0 Å². The number of hydrogen-bond donors (Lipinski definition) is 1. The molecule has 0 radical (unpaired) electrons. The normalized spacial score (nSPS) is 13.1. The number of nitrogens with zero attached hydrogens (tertiary/aromatic N) is 2. The van der Waals surface area contributed by atoms with E-state index in [4.69, 9.17) is 23.7 Å². The number of rotatable bonds is 9. The Labute approximate surface area is 186 Å². The van der Waals surface area contributed by atoms with Gasteiger partial charge in [-0.3, -0.25) is 9.69 Å². The van der Waals surface area contributed by atoms with Crippen molar-refractivity contribution in [1.82, 2.24) is 4.90 Å². The molecule has 0 atom stereocenters. The molecule has 1 aliphatic rings. The van der Waals surface area contributed by atoms with E-state index in [0.717, 1.165) is 0 Å². The number of carbonyl (C=O) groups is 2. The van der Waals surface area contributed by atoms with Crippen molar-refractivity contribution >= 4 is 23.3 Å². The van der Waals surface area contributed by atoms with Gasteiger partial charge < -0.3 is 33.9 Å². The summed E-state index contributed by atoms with van der Waals surface area (Å²) in [6, 6.07) is 8.23. The van der Waals surface area contributed by atoms with Crippen molar-refractivity contribution in [2.75, 3.05) is 65.4 Å². The third-order valence-electron chi connectivity index (χ3n) is 5.06. The summed E-state index contributed by atoms with van der Waals surface area (Å²) >= 11 is 0. The average molecular weight is 445 g/mol. The summed E-state index contributed by atoms with van der Waals surface area (Å²) in [7, 11) is 7.57. The van der Waals surface area contributed by atoms with E-state index in [1.165, 1.54) is 33.3 Å². The van der Waals surface area contributed by atoms with Crippen molar-refractivity contribution < 1.29 is 33.3 Å². The highest BCUT2D eigenvalue weighted by Gasteiger charge is 2.31. The summed E-state index contributed by atoms with van der Waals surface area (Å²) in [4.78, 5) is 28.6. The Kier molecular flexibility index (Phi) is 7.14. The van der Waals surface area contributed by atoms with Crippen LogP contribution in [-0.2, 0) is 4.79 Å². The molecule has 2 aromatic carbocycles. The first-order valence-corrected chi connectivity index (χ1v) is 9.84. The maximum Gasteiger partial charge on any atom is 0.325 e. The molecule has 2 aromatic rings. The number of anilines is 2. The van der Waals surface area contributed by atoms with Crippen molar-refractivity contribution in [2.24, 2.45) is 0 Å². The predicted molar refractivity (Wildman–Crippen MR) is 119 cm³/mol. The van der Waals surface area contributed by atoms with Gasteiger partial charge in [0.05, 0.1) is 35.5 Å². The molecule has 0 saturated carbocycles. The standard InChI is InChI=1S/C22H27N3O7/c1-28-16-7-6-15(12-17(16)29-2)25-9-8-24(22(25)27)13-20(26)23-14-10-18(30-3)21(32-5)19(11-14)31-4/h6-7,10-12H,8-9,13H2,1-5H3,(H,23,26). The number of nitrogens with one attached hydrogen (secondary N) is 1. The van der Waals surface area contributed by atoms with E-state index < -0.39 is 0 Å². The van der Waals surface area contributed by atoms with Crippen LogP contribution in [-0.4, -0.2) is 72.0 Å². The highest BCUT2D eigenvalue weighted by Crippen LogP contribution is 2.40. The number of amides is 3. The quantitative estimate of drug-likeness (QED) is 0.633. The Morgan fingerprint density at radius 1 is 0.844 bits per heavy atom. The molecule has 172 valence electrons. The molecule has 0 aromatic heterocycles. The van der Waals surface area contributed by atoms with Gasteiger partial charge in [0, 0.05) is 42.7 Å². The van der Waals surface area contributed by atoms with E-state index in [9.17, 15) is 9.59 Å². The molecule has 1 heterocycles. The number of urea groups is 1. The van der Waals surface area contributed by atoms with Gasteiger partial charge in [-0.15, -0.1) is 0 Å². The first kappa shape index (κ1) is 22.9. The van der Waals surface area contributed by atoms with Crippen LogP contribution >= 0.6 is 0 Å². The van der Waals surface area contributed by atoms with E-state index in [0.29, 0.717) is 53.2 Å². The summed E-state index contributed by atoms with van der Waals surface area (Å²) in [6.07, 6.45) is 0. The van der Waals surface area contributed by atoms with Gasteiger partial charge >= 0.3 is 6.03 Å². The van der Waals surface area contributed by atoms with Gasteiger partial charge in [0.25, 0.3) is 0 Å². The second-order valence-corrected chi connectivity index (χ2v) is 6.86. The van der Waals surface area contributed by atoms with Crippen LogP contribution in [0.5, 0.6) is 28.7 Å². The van der Waals surface area contributed by atoms with Gasteiger partial charge in [-0.1, -0.05) is 0 Å². The van der Waals surface area contributed by atoms with E-state index in [1.54, 1.807) is 42.3 Å². The third kappa shape index (κ3) is 4.58. The zero-order valence-corrected chi connectivity index (χ0v) is 18.8. The zero-order valence-electron chi connectivity index (χ0n) is 18.8. The van der Waals surface area contributed by atoms with Crippen LogP contribution in [0.1, 0.15) is 0 Å². The van der Waals surface area contributed by atoms with E-state index in [1.807, 2.05) is 0 Å². The predicted octanol–water partition coefficient (Wildman–Crippen LogP) is 2.61. The van der Waals surface area contributed by atoms with E-state index >= 15 is 0 Å². The summed E-state index contributed by atoms with van der Waals surface area (Å²) in [5.41, 5.74) is 1.13. The Bertz CT molecular complexity index is 970. The summed E-state index contributed by atoms with van der Waals surface area (Å²) < 4.78 is 26.4. The van der Waals surface area contributed by atoms with Crippen LogP contribution in [0.2, 0.25) is 0 Å². The number of methoxy groups -OCH3 is 5. The van der Waals surface area contributed by atoms with Crippen LogP contribution in [0.25, 0.3) is 0 Å². The minimum Gasteiger partial charge on any atom is -0.493 e. The molecule has 10 heteroatoms. The molecule has 32 heavy (non-hydrogen) atoms. The molecule has 1 N–H and O–H groups in total. The number of ether oxygens (including phenoxy) is 5. The van der Waals surface area contributed by atoms with Crippen LogP contribution in [0, 0.1) is 0 Å². The second-order valence-electron chi connectivity index (χ2n) is 6.86. The lowest BCUT2D eigenvalue weighted by atomic mass is 10.2. The fourth-order valence-corrected chi connectivity index (χ4v) is 3.49. The molecule has 1 fully saturated rings. The average Bonchev–Trinajstić information content (AvgIpc) is 3.17. The van der Waals surface area contributed by atoms with Gasteiger partial charge in [0.1, 0.15) is 6.54 Å². The zero-order chi connectivity index (χ0) is 23.3. The number of carbonyl (C=O) groups excluding carboxylic acids is 2. The highest BCUT2D eigenvalue weighted by molar-refractivity contribution is 5.99. The molecule has 0 aliphatic carbocycles. The van der Waals surface area contributed by atoms with Gasteiger partial charge in [0.2, 0.25) is 11.7 Å². The molecular weight excluding hydrogens is 418 g/mol. The number of hydrogen-bond acceptors (Lipinski definition) is 7. The maximum absolute atomic E-state index is 12.9. The monoisotopic (exact) mass is 445 g/mol. The minimum atomic E-state index is -0.346. The van der Waals surface area contributed by atoms with Crippen LogP contribution in [0.3, 0.4) is 0 Å². The maximum atomic E-state index is 12.9. The van der Waals surface area contributed by atoms with E-state index in [2.05, 4.69) is 5.32 Å². The molecule has 1 aliphatic heterocycles. The second kappa shape index (κ2) is 9.99. The first-order valence-electron chi connectivity index (χ1n) is 9.84. The van der Waals surface area contributed by atoms with Gasteiger partial charge in [-0.25, -0.2) is 4.79 Å². The molecule has 0 unspecified atom stereocenters. The Morgan fingerprint density at radius 3 is 2.03 bits per heavy atom. The molecule has 10 nitrogen and oxygen atoms in total. The Hall–Kier alpha value is -3.82. The van der Waals surface area contributed by atoms with Gasteiger partial charge in [0.15, 0.2) is 23.0 Å². The summed E-state index contributed by atoms with van der Waals surface area (Å²) in [5.74, 6) is 2.01. The first-order chi connectivity index (χ1) is 15.4. The molecule has 1 saturated heterocycles. The molecule has 0 spiro atoms. The highest BCUT2D eigenvalue weighted by atomic mass is 16.5. The molecular formula is C22H27N3O7. The van der Waals surface area contributed by atoms with Crippen LogP contribution < -0.4 is 33.9 Å². The van der Waals surface area contributed by atoms with Gasteiger partial charge in [-0.05, 0) is 12.1 Å². The SMILES string of the molecule is COc1ccc(N2CCN(CC(=O)Nc3cc(OC)c(OC)c(OC)c3)C2=O)cc1OC. The minimum absolute atomic E-state index is 0.0979. The Balaban J connectivity index is 1.69. The lowest BCUT2D eigenvalue weighted by Crippen LogP contribution is -2.37.